The normalized spacial score (nSPS) is 27.3. The molecule has 1 rings (SSSR count). The van der Waals surface area contributed by atoms with Crippen LogP contribution in [0.2, 0.25) is 0 Å². The van der Waals surface area contributed by atoms with Gasteiger partial charge < -0.3 is 5.32 Å². The summed E-state index contributed by atoms with van der Waals surface area (Å²) in [5.41, 5.74) is 0. The van der Waals surface area contributed by atoms with Crippen molar-refractivity contribution in [1.29, 1.82) is 0 Å². The van der Waals surface area contributed by atoms with E-state index in [1.165, 1.54) is 25.7 Å². The molecule has 0 aromatic heterocycles. The van der Waals surface area contributed by atoms with Crippen molar-refractivity contribution in [1.82, 2.24) is 5.32 Å². The van der Waals surface area contributed by atoms with Crippen LogP contribution in [0.15, 0.2) is 0 Å². The second-order valence-electron chi connectivity index (χ2n) is 4.38. The molecule has 0 bridgehead atoms. The predicted molar refractivity (Wildman–Crippen MR) is 59.5 cm³/mol. The molecule has 1 aliphatic rings. The zero-order valence-corrected chi connectivity index (χ0v) is 9.65. The molecule has 14 heavy (non-hydrogen) atoms. The molecule has 0 aromatic carbocycles. The van der Waals surface area contributed by atoms with E-state index >= 15 is 0 Å². The Morgan fingerprint density at radius 3 is 2.93 bits per heavy atom. The van der Waals surface area contributed by atoms with E-state index in [-0.39, 0.29) is 5.91 Å². The van der Waals surface area contributed by atoms with E-state index in [4.69, 9.17) is 11.6 Å². The summed E-state index contributed by atoms with van der Waals surface area (Å²) in [6, 6.07) is 0. The minimum atomic E-state index is 0.0956. The van der Waals surface area contributed by atoms with Crippen LogP contribution >= 0.6 is 11.6 Å². The summed E-state index contributed by atoms with van der Waals surface area (Å²) in [4.78, 5) is 11.2. The van der Waals surface area contributed by atoms with Crippen molar-refractivity contribution in [2.75, 3.05) is 12.4 Å². The van der Waals surface area contributed by atoms with Crippen LogP contribution in [-0.4, -0.2) is 18.3 Å². The molecule has 0 radical (unpaired) electrons. The van der Waals surface area contributed by atoms with Crippen molar-refractivity contribution >= 4 is 17.5 Å². The lowest BCUT2D eigenvalue weighted by Gasteiger charge is -2.26. The van der Waals surface area contributed by atoms with Crippen LogP contribution in [0.5, 0.6) is 0 Å². The van der Waals surface area contributed by atoms with Crippen LogP contribution in [-0.2, 0) is 4.79 Å². The first-order valence-corrected chi connectivity index (χ1v) is 6.08. The highest BCUT2D eigenvalue weighted by molar-refractivity contribution is 6.18. The highest BCUT2D eigenvalue weighted by Gasteiger charge is 2.18. The topological polar surface area (TPSA) is 29.1 Å². The minimum absolute atomic E-state index is 0.0956. The number of carbonyl (C=O) groups excluding carboxylic acids is 1. The van der Waals surface area contributed by atoms with Gasteiger partial charge in [-0.1, -0.05) is 19.8 Å². The monoisotopic (exact) mass is 217 g/mol. The molecule has 1 amide bonds. The number of hydrogen-bond donors (Lipinski definition) is 1. The zero-order valence-electron chi connectivity index (χ0n) is 8.89. The van der Waals surface area contributed by atoms with Gasteiger partial charge in [0, 0.05) is 18.8 Å². The second-order valence-corrected chi connectivity index (χ2v) is 4.76. The van der Waals surface area contributed by atoms with E-state index in [0.717, 1.165) is 12.5 Å². The van der Waals surface area contributed by atoms with Crippen LogP contribution in [0.4, 0.5) is 0 Å². The maximum atomic E-state index is 11.2. The molecule has 2 atom stereocenters. The van der Waals surface area contributed by atoms with Gasteiger partial charge in [-0.15, -0.1) is 11.6 Å². The number of nitrogens with one attached hydrogen (secondary N) is 1. The summed E-state index contributed by atoms with van der Waals surface area (Å²) < 4.78 is 0. The highest BCUT2D eigenvalue weighted by atomic mass is 35.5. The first kappa shape index (κ1) is 11.8. The number of rotatable bonds is 4. The molecule has 1 saturated carbocycles. The summed E-state index contributed by atoms with van der Waals surface area (Å²) in [5.74, 6) is 2.04. The average molecular weight is 218 g/mol. The van der Waals surface area contributed by atoms with E-state index in [1.54, 1.807) is 0 Å². The van der Waals surface area contributed by atoms with Gasteiger partial charge >= 0.3 is 0 Å². The summed E-state index contributed by atoms with van der Waals surface area (Å²) in [6.07, 6.45) is 5.65. The van der Waals surface area contributed by atoms with Gasteiger partial charge in [0.15, 0.2) is 0 Å². The lowest BCUT2D eigenvalue weighted by atomic mass is 9.82. The highest BCUT2D eigenvalue weighted by Crippen LogP contribution is 2.27. The summed E-state index contributed by atoms with van der Waals surface area (Å²) in [7, 11) is 0. The largest absolute Gasteiger partial charge is 0.356 e. The predicted octanol–water partition coefficient (Wildman–Crippen LogP) is 2.56. The summed E-state index contributed by atoms with van der Waals surface area (Å²) in [6.45, 7) is 3.15. The number of halogens is 1. The van der Waals surface area contributed by atoms with Gasteiger partial charge in [0.1, 0.15) is 0 Å². The van der Waals surface area contributed by atoms with E-state index in [1.807, 2.05) is 0 Å². The fraction of sp³-hybridized carbons (Fsp3) is 0.909. The molecule has 0 aromatic rings. The van der Waals surface area contributed by atoms with Crippen molar-refractivity contribution in [3.63, 3.8) is 0 Å². The Hall–Kier alpha value is -0.240. The van der Waals surface area contributed by atoms with Gasteiger partial charge in [-0.2, -0.15) is 0 Å². The maximum absolute atomic E-state index is 11.2. The van der Waals surface area contributed by atoms with Gasteiger partial charge in [0.2, 0.25) is 5.91 Å². The van der Waals surface area contributed by atoms with E-state index in [9.17, 15) is 4.79 Å². The van der Waals surface area contributed by atoms with Gasteiger partial charge in [-0.25, -0.2) is 0 Å². The summed E-state index contributed by atoms with van der Waals surface area (Å²) >= 11 is 5.48. The van der Waals surface area contributed by atoms with Gasteiger partial charge in [-0.05, 0) is 24.7 Å². The van der Waals surface area contributed by atoms with Gasteiger partial charge in [0.25, 0.3) is 0 Å². The summed E-state index contributed by atoms with van der Waals surface area (Å²) in [5, 5.41) is 2.95. The van der Waals surface area contributed by atoms with Crippen LogP contribution in [0.3, 0.4) is 0 Å². The van der Waals surface area contributed by atoms with E-state index < -0.39 is 0 Å². The lowest BCUT2D eigenvalue weighted by Crippen LogP contribution is -2.31. The molecule has 82 valence electrons. The van der Waals surface area contributed by atoms with Crippen LogP contribution in [0.25, 0.3) is 0 Å². The Morgan fingerprint density at radius 2 is 2.29 bits per heavy atom. The number of carbonyl (C=O) groups is 1. The zero-order chi connectivity index (χ0) is 10.4. The first-order chi connectivity index (χ1) is 6.72. The Kier molecular flexibility index (Phi) is 5.31. The van der Waals surface area contributed by atoms with Crippen molar-refractivity contribution < 1.29 is 4.79 Å². The standard InChI is InChI=1S/C11H20ClNO/c1-9-3-2-4-10(7-9)8-13-11(14)5-6-12/h9-10H,2-8H2,1H3,(H,13,14). The van der Waals surface area contributed by atoms with Crippen molar-refractivity contribution in [3.05, 3.63) is 0 Å². The number of amides is 1. The van der Waals surface area contributed by atoms with Gasteiger partial charge in [0.05, 0.1) is 0 Å². The van der Waals surface area contributed by atoms with Crippen LogP contribution < -0.4 is 5.32 Å². The molecule has 0 heterocycles. The Labute approximate surface area is 91.4 Å². The Morgan fingerprint density at radius 1 is 1.50 bits per heavy atom. The van der Waals surface area contributed by atoms with Crippen LogP contribution in [0.1, 0.15) is 39.0 Å². The molecular weight excluding hydrogens is 198 g/mol. The fourth-order valence-corrected chi connectivity index (χ4v) is 2.35. The molecule has 2 unspecified atom stereocenters. The fourth-order valence-electron chi connectivity index (χ4n) is 2.18. The quantitative estimate of drug-likeness (QED) is 0.721. The number of hydrogen-bond acceptors (Lipinski definition) is 1. The van der Waals surface area contributed by atoms with E-state index in [0.29, 0.717) is 18.2 Å². The third-order valence-corrected chi connectivity index (χ3v) is 3.14. The second kappa shape index (κ2) is 6.28. The molecule has 0 aliphatic heterocycles. The van der Waals surface area contributed by atoms with Crippen molar-refractivity contribution in [2.24, 2.45) is 11.8 Å². The molecule has 2 nitrogen and oxygen atoms in total. The molecule has 0 saturated heterocycles. The Balaban J connectivity index is 2.14. The Bertz CT molecular complexity index is 184. The molecule has 0 spiro atoms. The number of alkyl halides is 1. The molecule has 3 heteroatoms. The average Bonchev–Trinajstić information content (AvgIpc) is 2.15. The van der Waals surface area contributed by atoms with Gasteiger partial charge in [-0.3, -0.25) is 4.79 Å². The first-order valence-electron chi connectivity index (χ1n) is 5.55. The minimum Gasteiger partial charge on any atom is -0.356 e. The van der Waals surface area contributed by atoms with Crippen molar-refractivity contribution in [2.45, 2.75) is 39.0 Å². The van der Waals surface area contributed by atoms with Crippen LogP contribution in [0, 0.1) is 11.8 Å². The molecular formula is C11H20ClNO. The molecule has 1 aliphatic carbocycles. The molecule has 1 N–H and O–H groups in total. The third-order valence-electron chi connectivity index (χ3n) is 2.95. The maximum Gasteiger partial charge on any atom is 0.221 e. The smallest absolute Gasteiger partial charge is 0.221 e. The van der Waals surface area contributed by atoms with Crippen molar-refractivity contribution in [3.8, 4) is 0 Å². The molecule has 1 fully saturated rings. The lowest BCUT2D eigenvalue weighted by molar-refractivity contribution is -0.120. The van der Waals surface area contributed by atoms with E-state index in [2.05, 4.69) is 12.2 Å². The SMILES string of the molecule is CC1CCCC(CNC(=O)CCCl)C1. The third kappa shape index (κ3) is 4.32.